The van der Waals surface area contributed by atoms with Crippen LogP contribution in [-0.2, 0) is 12.0 Å². The van der Waals surface area contributed by atoms with E-state index in [-0.39, 0.29) is 11.4 Å². The largest absolute Gasteiger partial charge is 0.324 e. The number of rotatable bonds is 3. The lowest BCUT2D eigenvalue weighted by atomic mass is 9.85. The minimum Gasteiger partial charge on any atom is -0.324 e. The number of hydrogen-bond acceptors (Lipinski definition) is 6. The Bertz CT molecular complexity index is 1210. The number of carbonyl (C=O) groups excluding carboxylic acids is 1. The van der Waals surface area contributed by atoms with Crippen LogP contribution in [0.2, 0.25) is 5.02 Å². The van der Waals surface area contributed by atoms with E-state index in [1.165, 1.54) is 22.9 Å². The lowest BCUT2D eigenvalue weighted by Gasteiger charge is -2.34. The molecule has 3 aromatic rings. The predicted octanol–water partition coefficient (Wildman–Crippen LogP) is 5.27. The molecule has 32 heavy (non-hydrogen) atoms. The number of aryl methyl sites for hydroxylation is 1. The molecule has 1 amide bonds. The van der Waals surface area contributed by atoms with Gasteiger partial charge in [-0.25, -0.2) is 9.97 Å². The van der Waals surface area contributed by atoms with E-state index in [0.717, 1.165) is 29.9 Å². The standard InChI is InChI=1S/C24H24ClN5OS/c1-14-5-4-6-19(25)20(14)30-13-32-21-17(22(30)31)12-26-23(29-21)28-16-7-8-18-15(11-16)9-10-27-24(18,2)3/h4-8,11-12,27H,9-10,13H2,1-3H3,(H,26,28,29). The van der Waals surface area contributed by atoms with Crippen molar-refractivity contribution in [3.05, 3.63) is 69.9 Å². The quantitative estimate of drug-likeness (QED) is 0.513. The van der Waals surface area contributed by atoms with Gasteiger partial charge in [-0.15, -0.1) is 0 Å². The SMILES string of the molecule is Cc1cccc(Cl)c1N1CSc2nc(Nc3ccc4c(c3)CCNC4(C)C)ncc2C1=O. The van der Waals surface area contributed by atoms with Gasteiger partial charge in [0.2, 0.25) is 5.95 Å². The molecule has 0 radical (unpaired) electrons. The molecule has 5 rings (SSSR count). The fraction of sp³-hybridized carbons (Fsp3) is 0.292. The lowest BCUT2D eigenvalue weighted by molar-refractivity contribution is 0.0985. The van der Waals surface area contributed by atoms with Crippen molar-refractivity contribution in [1.29, 1.82) is 0 Å². The fourth-order valence-corrected chi connectivity index (χ4v) is 5.63. The first-order valence-electron chi connectivity index (χ1n) is 10.6. The number of aromatic nitrogens is 2. The van der Waals surface area contributed by atoms with E-state index in [2.05, 4.69) is 52.6 Å². The minimum absolute atomic E-state index is 0.0304. The number of carbonyl (C=O) groups is 1. The summed E-state index contributed by atoms with van der Waals surface area (Å²) < 4.78 is 0. The van der Waals surface area contributed by atoms with Crippen LogP contribution >= 0.6 is 23.4 Å². The molecule has 2 N–H and O–H groups in total. The van der Waals surface area contributed by atoms with Crippen LogP contribution < -0.4 is 15.5 Å². The number of benzene rings is 2. The molecule has 2 aliphatic heterocycles. The van der Waals surface area contributed by atoms with E-state index in [1.54, 1.807) is 17.2 Å². The molecule has 0 unspecified atom stereocenters. The van der Waals surface area contributed by atoms with E-state index in [0.29, 0.717) is 27.4 Å². The van der Waals surface area contributed by atoms with Gasteiger partial charge in [0.25, 0.3) is 5.91 Å². The van der Waals surface area contributed by atoms with Gasteiger partial charge in [0.05, 0.1) is 22.2 Å². The van der Waals surface area contributed by atoms with Crippen LogP contribution in [0.1, 0.15) is 40.9 Å². The van der Waals surface area contributed by atoms with E-state index in [4.69, 9.17) is 11.6 Å². The number of fused-ring (bicyclic) bond motifs is 2. The van der Waals surface area contributed by atoms with Gasteiger partial charge in [-0.3, -0.25) is 9.69 Å². The molecule has 3 heterocycles. The van der Waals surface area contributed by atoms with E-state index >= 15 is 0 Å². The van der Waals surface area contributed by atoms with Crippen molar-refractivity contribution in [3.63, 3.8) is 0 Å². The summed E-state index contributed by atoms with van der Waals surface area (Å²) in [5, 5.41) is 8.10. The van der Waals surface area contributed by atoms with Crippen molar-refractivity contribution in [1.82, 2.24) is 15.3 Å². The molecule has 6 nitrogen and oxygen atoms in total. The summed E-state index contributed by atoms with van der Waals surface area (Å²) >= 11 is 7.90. The number of nitrogens with one attached hydrogen (secondary N) is 2. The maximum atomic E-state index is 13.2. The van der Waals surface area contributed by atoms with Crippen molar-refractivity contribution in [3.8, 4) is 0 Å². The van der Waals surface area contributed by atoms with Gasteiger partial charge < -0.3 is 10.6 Å². The highest BCUT2D eigenvalue weighted by atomic mass is 35.5. The maximum Gasteiger partial charge on any atom is 0.263 e. The highest BCUT2D eigenvalue weighted by Gasteiger charge is 2.30. The van der Waals surface area contributed by atoms with Gasteiger partial charge in [0, 0.05) is 17.4 Å². The number of hydrogen-bond donors (Lipinski definition) is 2. The Labute approximate surface area is 196 Å². The summed E-state index contributed by atoms with van der Waals surface area (Å²) in [4.78, 5) is 23.9. The van der Waals surface area contributed by atoms with Gasteiger partial charge in [-0.2, -0.15) is 0 Å². The van der Waals surface area contributed by atoms with Gasteiger partial charge >= 0.3 is 0 Å². The zero-order valence-electron chi connectivity index (χ0n) is 18.2. The third kappa shape index (κ3) is 3.74. The number of para-hydroxylation sites is 1. The molecule has 0 saturated carbocycles. The highest BCUT2D eigenvalue weighted by Crippen LogP contribution is 2.37. The number of thioether (sulfide) groups is 1. The van der Waals surface area contributed by atoms with E-state index in [9.17, 15) is 4.79 Å². The van der Waals surface area contributed by atoms with Crippen LogP contribution in [0.5, 0.6) is 0 Å². The average Bonchev–Trinajstić information content (AvgIpc) is 2.75. The molecule has 2 aliphatic rings. The van der Waals surface area contributed by atoms with E-state index in [1.807, 2.05) is 19.1 Å². The maximum absolute atomic E-state index is 13.2. The summed E-state index contributed by atoms with van der Waals surface area (Å²) in [6.45, 7) is 7.31. The zero-order valence-corrected chi connectivity index (χ0v) is 19.8. The van der Waals surface area contributed by atoms with Gasteiger partial charge in [-0.05, 0) is 68.6 Å². The Morgan fingerprint density at radius 3 is 2.91 bits per heavy atom. The van der Waals surface area contributed by atoms with Crippen LogP contribution in [-0.4, -0.2) is 28.3 Å². The Hall–Kier alpha value is -2.61. The normalized spacial score (nSPS) is 17.0. The lowest BCUT2D eigenvalue weighted by Crippen LogP contribution is -2.42. The fourth-order valence-electron chi connectivity index (χ4n) is 4.37. The molecule has 0 spiro atoms. The second-order valence-corrected chi connectivity index (χ2v) is 9.96. The Morgan fingerprint density at radius 2 is 2.09 bits per heavy atom. The second kappa shape index (κ2) is 8.06. The third-order valence-electron chi connectivity index (χ3n) is 6.01. The van der Waals surface area contributed by atoms with Crippen LogP contribution in [0.3, 0.4) is 0 Å². The third-order valence-corrected chi connectivity index (χ3v) is 7.29. The summed E-state index contributed by atoms with van der Waals surface area (Å²) in [6.07, 6.45) is 2.59. The monoisotopic (exact) mass is 465 g/mol. The molecule has 1 aromatic heterocycles. The first-order valence-corrected chi connectivity index (χ1v) is 11.9. The number of amides is 1. The van der Waals surface area contributed by atoms with Crippen LogP contribution in [0.15, 0.2) is 47.6 Å². The first-order chi connectivity index (χ1) is 15.3. The summed E-state index contributed by atoms with van der Waals surface area (Å²) in [5.41, 5.74) is 5.75. The molecular weight excluding hydrogens is 442 g/mol. The Balaban J connectivity index is 1.40. The molecule has 164 valence electrons. The summed E-state index contributed by atoms with van der Waals surface area (Å²) in [6, 6.07) is 12.0. The van der Waals surface area contributed by atoms with Crippen LogP contribution in [0.25, 0.3) is 0 Å². The van der Waals surface area contributed by atoms with Gasteiger partial charge in [-0.1, -0.05) is 41.6 Å². The molecule has 0 saturated heterocycles. The first kappa shape index (κ1) is 21.2. The predicted molar refractivity (Wildman–Crippen MR) is 130 cm³/mol. The van der Waals surface area contributed by atoms with Crippen molar-refractivity contribution >= 4 is 46.6 Å². The molecule has 2 aromatic carbocycles. The molecule has 0 atom stereocenters. The zero-order chi connectivity index (χ0) is 22.5. The van der Waals surface area contributed by atoms with Crippen molar-refractivity contribution in [2.45, 2.75) is 37.8 Å². The van der Waals surface area contributed by atoms with Crippen molar-refractivity contribution in [2.75, 3.05) is 22.6 Å². The van der Waals surface area contributed by atoms with Gasteiger partial charge in [0.1, 0.15) is 5.03 Å². The molecular formula is C24H24ClN5OS. The van der Waals surface area contributed by atoms with Crippen molar-refractivity contribution in [2.24, 2.45) is 0 Å². The average molecular weight is 466 g/mol. The smallest absolute Gasteiger partial charge is 0.263 e. The topological polar surface area (TPSA) is 70.2 Å². The van der Waals surface area contributed by atoms with E-state index < -0.39 is 0 Å². The van der Waals surface area contributed by atoms with Crippen LogP contribution in [0, 0.1) is 6.92 Å². The van der Waals surface area contributed by atoms with Gasteiger partial charge in [0.15, 0.2) is 0 Å². The molecule has 0 bridgehead atoms. The molecule has 8 heteroatoms. The van der Waals surface area contributed by atoms with Crippen LogP contribution in [0.4, 0.5) is 17.3 Å². The Morgan fingerprint density at radius 1 is 1.25 bits per heavy atom. The Kier molecular flexibility index (Phi) is 5.35. The second-order valence-electron chi connectivity index (χ2n) is 8.62. The number of halogens is 1. The summed E-state index contributed by atoms with van der Waals surface area (Å²) in [5.74, 6) is 0.804. The molecule has 0 aliphatic carbocycles. The number of anilines is 3. The highest BCUT2D eigenvalue weighted by molar-refractivity contribution is 7.99. The number of nitrogens with zero attached hydrogens (tertiary/aromatic N) is 3. The minimum atomic E-state index is -0.134. The summed E-state index contributed by atoms with van der Waals surface area (Å²) in [7, 11) is 0. The molecule has 0 fully saturated rings. The van der Waals surface area contributed by atoms with Crippen molar-refractivity contribution < 1.29 is 4.79 Å².